The van der Waals surface area contributed by atoms with E-state index in [4.69, 9.17) is 14.2 Å². The number of hydrogen-bond acceptors (Lipinski definition) is 6. The molecule has 0 fully saturated rings. The van der Waals surface area contributed by atoms with Gasteiger partial charge in [-0.2, -0.15) is 0 Å². The van der Waals surface area contributed by atoms with E-state index < -0.39 is 6.10 Å². The Morgan fingerprint density at radius 3 is 0.871 bits per heavy atom. The van der Waals surface area contributed by atoms with Crippen LogP contribution in [0.3, 0.4) is 0 Å². The summed E-state index contributed by atoms with van der Waals surface area (Å²) in [5.41, 5.74) is 0. The monoisotopic (exact) mass is 979 g/mol. The van der Waals surface area contributed by atoms with Gasteiger partial charge in [-0.3, -0.25) is 14.4 Å². The number of esters is 3. The van der Waals surface area contributed by atoms with E-state index in [2.05, 4.69) is 81.5 Å². The first-order chi connectivity index (χ1) is 34.5. The Balaban J connectivity index is 4.11. The van der Waals surface area contributed by atoms with Crippen LogP contribution in [0.25, 0.3) is 0 Å². The smallest absolute Gasteiger partial charge is 0.306 e. The van der Waals surface area contributed by atoms with Crippen LogP contribution in [0.1, 0.15) is 310 Å². The fraction of sp³-hybridized carbons (Fsp3) is 0.797. The average molecular weight is 980 g/mol. The number of unbranched alkanes of at least 4 members (excludes halogenated alkanes) is 34. The lowest BCUT2D eigenvalue weighted by atomic mass is 10.0. The number of ether oxygens (including phenoxy) is 3. The van der Waals surface area contributed by atoms with Crippen LogP contribution in [-0.2, 0) is 28.6 Å². The number of carbonyl (C=O) groups is 3. The lowest BCUT2D eigenvalue weighted by Crippen LogP contribution is -2.30. The van der Waals surface area contributed by atoms with Gasteiger partial charge in [0, 0.05) is 19.3 Å². The number of hydrogen-bond donors (Lipinski definition) is 0. The predicted molar refractivity (Wildman–Crippen MR) is 302 cm³/mol. The van der Waals surface area contributed by atoms with Gasteiger partial charge in [-0.15, -0.1) is 0 Å². The van der Waals surface area contributed by atoms with Gasteiger partial charge in [0.05, 0.1) is 0 Å². The van der Waals surface area contributed by atoms with Crippen LogP contribution in [-0.4, -0.2) is 37.2 Å². The molecule has 0 aromatic heterocycles. The molecule has 0 N–H and O–H groups in total. The zero-order valence-electron chi connectivity index (χ0n) is 46.5. The van der Waals surface area contributed by atoms with E-state index in [9.17, 15) is 14.4 Å². The standard InChI is InChI=1S/C64H114O6/c1-4-7-10-13-16-18-20-22-24-26-28-30-31-32-33-35-36-38-40-42-44-46-48-51-54-57-63(66)69-60-61(59-68-62(65)56-53-50-15-12-9-6-3)70-64(67)58-55-52-49-47-45-43-41-39-37-34-29-27-25-23-21-19-17-14-11-8-5-2/h7,10,16,18,22,24,28,30,32-33,61H,4-6,8-9,11-15,17,19-21,23,25-27,29,31,34-60H2,1-3H3/b10-7-,18-16-,24-22-,30-28-,33-32-. The van der Waals surface area contributed by atoms with Gasteiger partial charge in [0.2, 0.25) is 0 Å². The molecular weight excluding hydrogens is 865 g/mol. The maximum atomic E-state index is 12.8. The van der Waals surface area contributed by atoms with E-state index in [1.165, 1.54) is 173 Å². The second kappa shape index (κ2) is 58.7. The molecule has 0 aliphatic heterocycles. The molecule has 1 unspecified atom stereocenters. The summed E-state index contributed by atoms with van der Waals surface area (Å²) in [4.78, 5) is 37.9. The Labute approximate surface area is 434 Å². The molecule has 70 heavy (non-hydrogen) atoms. The molecule has 0 aliphatic rings. The van der Waals surface area contributed by atoms with E-state index in [0.29, 0.717) is 19.3 Å². The van der Waals surface area contributed by atoms with Gasteiger partial charge in [-0.05, 0) is 64.2 Å². The highest BCUT2D eigenvalue weighted by molar-refractivity contribution is 5.71. The summed E-state index contributed by atoms with van der Waals surface area (Å²) in [7, 11) is 0. The molecule has 0 amide bonds. The third kappa shape index (κ3) is 56.0. The minimum atomic E-state index is -0.771. The molecule has 0 spiro atoms. The summed E-state index contributed by atoms with van der Waals surface area (Å²) in [5, 5.41) is 0. The molecule has 0 radical (unpaired) electrons. The summed E-state index contributed by atoms with van der Waals surface area (Å²) in [6.45, 7) is 6.50. The zero-order chi connectivity index (χ0) is 50.7. The van der Waals surface area contributed by atoms with Crippen LogP contribution < -0.4 is 0 Å². The van der Waals surface area contributed by atoms with Gasteiger partial charge in [-0.1, -0.05) is 287 Å². The molecule has 406 valence electrons. The van der Waals surface area contributed by atoms with E-state index in [0.717, 1.165) is 96.3 Å². The van der Waals surface area contributed by atoms with Crippen molar-refractivity contribution >= 4 is 17.9 Å². The topological polar surface area (TPSA) is 78.9 Å². The SMILES string of the molecule is CC/C=C\C/C=C\C/C=C\C/C=C\C/C=C\CCCCCCCCCCCC(=O)OCC(COC(=O)CCCCCCCC)OC(=O)CCCCCCCCCCCCCCCCCCCCCCC. The van der Waals surface area contributed by atoms with Gasteiger partial charge in [0.25, 0.3) is 0 Å². The zero-order valence-corrected chi connectivity index (χ0v) is 46.5. The minimum absolute atomic E-state index is 0.0730. The Hall–Kier alpha value is -2.89. The molecular formula is C64H114O6. The number of allylic oxidation sites excluding steroid dienone is 10. The second-order valence-electron chi connectivity index (χ2n) is 20.2. The molecule has 1 atom stereocenters. The Morgan fingerprint density at radius 1 is 0.300 bits per heavy atom. The van der Waals surface area contributed by atoms with Crippen LogP contribution in [0.15, 0.2) is 60.8 Å². The van der Waals surface area contributed by atoms with Crippen molar-refractivity contribution in [3.05, 3.63) is 60.8 Å². The quantitative estimate of drug-likeness (QED) is 0.0261. The molecule has 0 heterocycles. The van der Waals surface area contributed by atoms with Crippen molar-refractivity contribution in [2.24, 2.45) is 0 Å². The Bertz CT molecular complexity index is 1260. The molecule has 0 aromatic carbocycles. The molecule has 0 rings (SSSR count). The van der Waals surface area contributed by atoms with Crippen molar-refractivity contribution in [2.45, 2.75) is 316 Å². The van der Waals surface area contributed by atoms with Gasteiger partial charge >= 0.3 is 17.9 Å². The average Bonchev–Trinajstić information content (AvgIpc) is 3.36. The highest BCUT2D eigenvalue weighted by Crippen LogP contribution is 2.17. The van der Waals surface area contributed by atoms with E-state index >= 15 is 0 Å². The van der Waals surface area contributed by atoms with E-state index in [-0.39, 0.29) is 31.1 Å². The molecule has 0 saturated heterocycles. The summed E-state index contributed by atoms with van der Waals surface area (Å²) < 4.78 is 16.8. The fourth-order valence-electron chi connectivity index (χ4n) is 8.77. The lowest BCUT2D eigenvalue weighted by molar-refractivity contribution is -0.167. The minimum Gasteiger partial charge on any atom is -0.462 e. The Morgan fingerprint density at radius 2 is 0.557 bits per heavy atom. The van der Waals surface area contributed by atoms with Crippen molar-refractivity contribution < 1.29 is 28.6 Å². The Kier molecular flexibility index (Phi) is 56.3. The van der Waals surface area contributed by atoms with Gasteiger partial charge in [-0.25, -0.2) is 0 Å². The maximum Gasteiger partial charge on any atom is 0.306 e. The summed E-state index contributed by atoms with van der Waals surface area (Å²) in [6.07, 6.45) is 74.0. The van der Waals surface area contributed by atoms with Crippen LogP contribution in [0.5, 0.6) is 0 Å². The fourth-order valence-corrected chi connectivity index (χ4v) is 8.77. The summed E-state index contributed by atoms with van der Waals surface area (Å²) in [6, 6.07) is 0. The third-order valence-electron chi connectivity index (χ3n) is 13.3. The highest BCUT2D eigenvalue weighted by Gasteiger charge is 2.19. The van der Waals surface area contributed by atoms with Crippen LogP contribution >= 0.6 is 0 Å². The van der Waals surface area contributed by atoms with Crippen molar-refractivity contribution in [3.8, 4) is 0 Å². The summed E-state index contributed by atoms with van der Waals surface area (Å²) in [5.74, 6) is -0.874. The highest BCUT2D eigenvalue weighted by atomic mass is 16.6. The molecule has 0 aromatic rings. The second-order valence-corrected chi connectivity index (χ2v) is 20.2. The van der Waals surface area contributed by atoms with Crippen LogP contribution in [0.2, 0.25) is 0 Å². The van der Waals surface area contributed by atoms with Gasteiger partial charge in [0.15, 0.2) is 6.10 Å². The lowest BCUT2D eigenvalue weighted by Gasteiger charge is -2.18. The van der Waals surface area contributed by atoms with Crippen molar-refractivity contribution in [3.63, 3.8) is 0 Å². The summed E-state index contributed by atoms with van der Waals surface area (Å²) >= 11 is 0. The molecule has 0 saturated carbocycles. The molecule has 0 bridgehead atoms. The first kappa shape index (κ1) is 67.1. The molecule has 0 aliphatic carbocycles. The molecule has 6 nitrogen and oxygen atoms in total. The van der Waals surface area contributed by atoms with Gasteiger partial charge in [0.1, 0.15) is 13.2 Å². The maximum absolute atomic E-state index is 12.8. The van der Waals surface area contributed by atoms with E-state index in [1.54, 1.807) is 0 Å². The van der Waals surface area contributed by atoms with E-state index in [1.807, 2.05) is 0 Å². The van der Waals surface area contributed by atoms with Crippen molar-refractivity contribution in [2.75, 3.05) is 13.2 Å². The van der Waals surface area contributed by atoms with Crippen molar-refractivity contribution in [1.82, 2.24) is 0 Å². The van der Waals surface area contributed by atoms with Crippen LogP contribution in [0.4, 0.5) is 0 Å². The predicted octanol–water partition coefficient (Wildman–Crippen LogP) is 20.4. The van der Waals surface area contributed by atoms with Gasteiger partial charge < -0.3 is 14.2 Å². The largest absolute Gasteiger partial charge is 0.462 e. The first-order valence-corrected chi connectivity index (χ1v) is 30.3. The van der Waals surface area contributed by atoms with Crippen molar-refractivity contribution in [1.29, 1.82) is 0 Å². The number of carbonyl (C=O) groups excluding carboxylic acids is 3. The normalized spacial score (nSPS) is 12.4. The first-order valence-electron chi connectivity index (χ1n) is 30.3. The third-order valence-corrected chi connectivity index (χ3v) is 13.3. The molecule has 6 heteroatoms. The number of rotatable bonds is 55. The van der Waals surface area contributed by atoms with Crippen LogP contribution in [0, 0.1) is 0 Å².